The Bertz CT molecular complexity index is 886. The summed E-state index contributed by atoms with van der Waals surface area (Å²) < 4.78 is 1.93. The molecule has 1 saturated carbocycles. The van der Waals surface area contributed by atoms with Crippen molar-refractivity contribution in [1.29, 1.82) is 0 Å². The predicted octanol–water partition coefficient (Wildman–Crippen LogP) is 4.65. The molecule has 0 bridgehead atoms. The maximum Gasteiger partial charge on any atom is 0.223 e. The molecule has 8 heteroatoms. The second-order valence-electron chi connectivity index (χ2n) is 9.21. The van der Waals surface area contributed by atoms with Crippen molar-refractivity contribution in [3.63, 3.8) is 0 Å². The Labute approximate surface area is 196 Å². The Morgan fingerprint density at radius 2 is 1.94 bits per heavy atom. The number of anilines is 1. The van der Waals surface area contributed by atoms with Gasteiger partial charge in [-0.05, 0) is 50.2 Å². The summed E-state index contributed by atoms with van der Waals surface area (Å²) in [7, 11) is 0. The fraction of sp³-hybridized carbons (Fsp3) is 0.750. The molecule has 0 aromatic carbocycles. The van der Waals surface area contributed by atoms with E-state index < -0.39 is 0 Å². The second-order valence-corrected chi connectivity index (χ2v) is 10.4. The van der Waals surface area contributed by atoms with Gasteiger partial charge >= 0.3 is 0 Å². The van der Waals surface area contributed by atoms with Gasteiger partial charge in [0, 0.05) is 25.6 Å². The van der Waals surface area contributed by atoms with Crippen molar-refractivity contribution >= 4 is 34.5 Å². The van der Waals surface area contributed by atoms with Gasteiger partial charge in [0.2, 0.25) is 5.91 Å². The fourth-order valence-electron chi connectivity index (χ4n) is 5.08. The van der Waals surface area contributed by atoms with E-state index in [-0.39, 0.29) is 11.8 Å². The lowest BCUT2D eigenvalue weighted by Gasteiger charge is -2.27. The zero-order valence-electron chi connectivity index (χ0n) is 19.7. The summed E-state index contributed by atoms with van der Waals surface area (Å²) in [6.07, 6.45) is 12.7. The van der Waals surface area contributed by atoms with Crippen LogP contribution < -0.4 is 10.2 Å². The number of hydrogen-bond acceptors (Lipinski definition) is 6. The standard InChI is InChI=1S/C24H38N6OS/c1-3-5-8-18-9-11-19(12-10-18)23(31)25-13-16-30-22-20(17-26-30)21(29-14-6-7-15-29)27-24(28-22)32-4-2/h17-19H,3-16H2,1-2H3,(H,25,31). The molecule has 1 amide bonds. The van der Waals surface area contributed by atoms with Crippen molar-refractivity contribution in [3.8, 4) is 0 Å². The fourth-order valence-corrected chi connectivity index (χ4v) is 5.64. The van der Waals surface area contributed by atoms with Crippen LogP contribution in [0.4, 0.5) is 5.82 Å². The number of nitrogens with zero attached hydrogens (tertiary/aromatic N) is 5. The monoisotopic (exact) mass is 458 g/mol. The van der Waals surface area contributed by atoms with Gasteiger partial charge in [0.05, 0.1) is 18.1 Å². The average molecular weight is 459 g/mol. The first-order chi connectivity index (χ1) is 15.7. The Hall–Kier alpha value is -1.83. The highest BCUT2D eigenvalue weighted by atomic mass is 32.2. The van der Waals surface area contributed by atoms with E-state index in [2.05, 4.69) is 29.2 Å². The largest absolute Gasteiger partial charge is 0.356 e. The Kier molecular flexibility index (Phi) is 8.27. The van der Waals surface area contributed by atoms with Crippen molar-refractivity contribution < 1.29 is 4.79 Å². The van der Waals surface area contributed by atoms with E-state index in [1.165, 1.54) is 44.9 Å². The molecule has 32 heavy (non-hydrogen) atoms. The molecule has 176 valence electrons. The minimum absolute atomic E-state index is 0.180. The summed E-state index contributed by atoms with van der Waals surface area (Å²) in [5, 5.41) is 9.60. The molecule has 1 aliphatic carbocycles. The Morgan fingerprint density at radius 3 is 2.66 bits per heavy atom. The van der Waals surface area contributed by atoms with Crippen LogP contribution in [0, 0.1) is 11.8 Å². The van der Waals surface area contributed by atoms with E-state index in [0.29, 0.717) is 13.1 Å². The Balaban J connectivity index is 1.36. The molecule has 0 atom stereocenters. The van der Waals surface area contributed by atoms with Crippen molar-refractivity contribution in [1.82, 2.24) is 25.1 Å². The maximum atomic E-state index is 12.7. The van der Waals surface area contributed by atoms with Crippen LogP contribution in [0.15, 0.2) is 11.4 Å². The smallest absolute Gasteiger partial charge is 0.223 e. The van der Waals surface area contributed by atoms with Crippen molar-refractivity contribution in [2.24, 2.45) is 11.8 Å². The number of unbranched alkanes of at least 4 members (excludes halogenated alkanes) is 1. The van der Waals surface area contributed by atoms with Gasteiger partial charge in [0.15, 0.2) is 10.8 Å². The summed E-state index contributed by atoms with van der Waals surface area (Å²) in [6.45, 7) is 7.69. The molecular weight excluding hydrogens is 420 g/mol. The maximum absolute atomic E-state index is 12.7. The van der Waals surface area contributed by atoms with Crippen molar-refractivity contribution in [3.05, 3.63) is 6.20 Å². The molecule has 3 heterocycles. The third-order valence-corrected chi connectivity index (χ3v) is 7.67. The topological polar surface area (TPSA) is 75.9 Å². The van der Waals surface area contributed by atoms with E-state index in [1.807, 2.05) is 10.9 Å². The number of carbonyl (C=O) groups excluding carboxylic acids is 1. The number of nitrogens with one attached hydrogen (secondary N) is 1. The summed E-state index contributed by atoms with van der Waals surface area (Å²) >= 11 is 1.67. The number of thioether (sulfide) groups is 1. The molecule has 0 spiro atoms. The minimum atomic E-state index is 0.180. The molecule has 2 fully saturated rings. The van der Waals surface area contributed by atoms with Gasteiger partial charge < -0.3 is 10.2 Å². The summed E-state index contributed by atoms with van der Waals surface area (Å²) in [5.41, 5.74) is 0.878. The number of hydrogen-bond donors (Lipinski definition) is 1. The zero-order valence-corrected chi connectivity index (χ0v) is 20.5. The molecule has 2 aliphatic rings. The van der Waals surface area contributed by atoms with Gasteiger partial charge in [0.25, 0.3) is 0 Å². The van der Waals surface area contributed by atoms with Gasteiger partial charge in [-0.25, -0.2) is 14.6 Å². The second kappa shape index (κ2) is 11.3. The Morgan fingerprint density at radius 1 is 1.16 bits per heavy atom. The van der Waals surface area contributed by atoms with Gasteiger partial charge in [-0.1, -0.05) is 44.9 Å². The number of amides is 1. The van der Waals surface area contributed by atoms with Gasteiger partial charge in [-0.2, -0.15) is 5.10 Å². The van der Waals surface area contributed by atoms with Crippen molar-refractivity contribution in [2.75, 3.05) is 30.3 Å². The highest BCUT2D eigenvalue weighted by molar-refractivity contribution is 7.99. The summed E-state index contributed by atoms with van der Waals surface area (Å²) in [4.78, 5) is 24.7. The van der Waals surface area contributed by atoms with Gasteiger partial charge in [-0.15, -0.1) is 0 Å². The molecule has 0 radical (unpaired) electrons. The van der Waals surface area contributed by atoms with Crippen LogP contribution >= 0.6 is 11.8 Å². The van der Waals surface area contributed by atoms with E-state index in [9.17, 15) is 4.79 Å². The lowest BCUT2D eigenvalue weighted by atomic mass is 9.79. The molecule has 2 aromatic heterocycles. The van der Waals surface area contributed by atoms with Gasteiger partial charge in [-0.3, -0.25) is 4.79 Å². The number of aromatic nitrogens is 4. The quantitative estimate of drug-likeness (QED) is 0.412. The van der Waals surface area contributed by atoms with Gasteiger partial charge in [0.1, 0.15) is 5.82 Å². The number of rotatable bonds is 10. The van der Waals surface area contributed by atoms with Crippen LogP contribution in [0.5, 0.6) is 0 Å². The molecule has 1 saturated heterocycles. The van der Waals surface area contributed by atoms with Crippen LogP contribution in [0.1, 0.15) is 71.6 Å². The van der Waals surface area contributed by atoms with Crippen LogP contribution in [0.2, 0.25) is 0 Å². The van der Waals surface area contributed by atoms with Crippen LogP contribution in [-0.2, 0) is 11.3 Å². The van der Waals surface area contributed by atoms with Crippen LogP contribution in [-0.4, -0.2) is 51.0 Å². The first-order valence-corrected chi connectivity index (χ1v) is 13.6. The predicted molar refractivity (Wildman–Crippen MR) is 131 cm³/mol. The first-order valence-electron chi connectivity index (χ1n) is 12.6. The lowest BCUT2D eigenvalue weighted by Crippen LogP contribution is -2.35. The summed E-state index contributed by atoms with van der Waals surface area (Å²) in [5.74, 6) is 3.17. The molecule has 4 rings (SSSR count). The third kappa shape index (κ3) is 5.56. The average Bonchev–Trinajstić information content (AvgIpc) is 3.48. The van der Waals surface area contributed by atoms with Crippen molar-refractivity contribution in [2.45, 2.75) is 83.3 Å². The molecular formula is C24H38N6OS. The highest BCUT2D eigenvalue weighted by Gasteiger charge is 2.26. The number of carbonyl (C=O) groups is 1. The normalized spacial score (nSPS) is 21.4. The molecule has 2 aromatic rings. The SMILES string of the molecule is CCCCC1CCC(C(=O)NCCn2ncc3c(N4CCCC4)nc(SCC)nc32)CC1. The lowest BCUT2D eigenvalue weighted by molar-refractivity contribution is -0.126. The highest BCUT2D eigenvalue weighted by Crippen LogP contribution is 2.32. The summed E-state index contributed by atoms with van der Waals surface area (Å²) in [6, 6.07) is 0. The van der Waals surface area contributed by atoms with Crippen LogP contribution in [0.3, 0.4) is 0 Å². The zero-order chi connectivity index (χ0) is 22.3. The van der Waals surface area contributed by atoms with E-state index in [4.69, 9.17) is 9.97 Å². The van der Waals surface area contributed by atoms with E-state index in [1.54, 1.807) is 11.8 Å². The van der Waals surface area contributed by atoms with E-state index in [0.717, 1.165) is 59.6 Å². The first kappa shape index (κ1) is 23.3. The molecule has 0 unspecified atom stereocenters. The molecule has 1 aliphatic heterocycles. The minimum Gasteiger partial charge on any atom is -0.356 e. The third-order valence-electron chi connectivity index (χ3n) is 6.94. The van der Waals surface area contributed by atoms with E-state index >= 15 is 0 Å². The molecule has 1 N–H and O–H groups in total. The molecule has 7 nitrogen and oxygen atoms in total. The number of fused-ring (bicyclic) bond motifs is 1. The van der Waals surface area contributed by atoms with Crippen LogP contribution in [0.25, 0.3) is 11.0 Å².